The van der Waals surface area contributed by atoms with Gasteiger partial charge >= 0.3 is 5.97 Å². The molecule has 2 rings (SSSR count). The zero-order chi connectivity index (χ0) is 13.8. The number of hydrogen-bond acceptors (Lipinski definition) is 6. The Morgan fingerprint density at radius 2 is 2.16 bits per heavy atom. The van der Waals surface area contributed by atoms with Gasteiger partial charge in [0.25, 0.3) is 0 Å². The summed E-state index contributed by atoms with van der Waals surface area (Å²) in [6.45, 7) is 2.10. The van der Waals surface area contributed by atoms with Crippen LogP contribution in [0.2, 0.25) is 0 Å². The van der Waals surface area contributed by atoms with Crippen molar-refractivity contribution in [1.82, 2.24) is 4.98 Å². The van der Waals surface area contributed by atoms with Gasteiger partial charge in [0.1, 0.15) is 5.01 Å². The quantitative estimate of drug-likeness (QED) is 0.663. The second-order valence-electron chi connectivity index (χ2n) is 3.81. The van der Waals surface area contributed by atoms with Crippen LogP contribution in [0.3, 0.4) is 0 Å². The minimum atomic E-state index is -0.308. The molecule has 5 nitrogen and oxygen atoms in total. The van der Waals surface area contributed by atoms with Crippen molar-refractivity contribution in [3.05, 3.63) is 28.6 Å². The molecule has 0 bridgehead atoms. The third-order valence-corrected chi connectivity index (χ3v) is 3.27. The van der Waals surface area contributed by atoms with E-state index in [2.05, 4.69) is 4.98 Å². The van der Waals surface area contributed by atoms with Crippen molar-refractivity contribution in [3.8, 4) is 22.8 Å². The molecule has 1 aromatic carbocycles. The molecule has 0 unspecified atom stereocenters. The second kappa shape index (κ2) is 5.71. The molecule has 6 heteroatoms. The summed E-state index contributed by atoms with van der Waals surface area (Å²) in [5.74, 6) is -0.680. The van der Waals surface area contributed by atoms with Gasteiger partial charge in [-0.25, -0.2) is 4.98 Å². The predicted octanol–water partition coefficient (Wildman–Crippen LogP) is 2.33. The minimum Gasteiger partial charge on any atom is -0.504 e. The van der Waals surface area contributed by atoms with Crippen molar-refractivity contribution in [2.24, 2.45) is 0 Å². The molecule has 1 heterocycles. The fourth-order valence-corrected chi connectivity index (χ4v) is 2.33. The minimum absolute atomic E-state index is 0.141. The molecule has 0 aliphatic carbocycles. The number of carbonyl (C=O) groups excluding carboxylic acids is 1. The van der Waals surface area contributed by atoms with Crippen molar-refractivity contribution in [1.29, 1.82) is 0 Å². The average Bonchev–Trinajstić information content (AvgIpc) is 2.81. The smallest absolute Gasteiger partial charge is 0.312 e. The fourth-order valence-electron chi connectivity index (χ4n) is 1.54. The molecule has 0 spiro atoms. The van der Waals surface area contributed by atoms with Crippen molar-refractivity contribution >= 4 is 17.3 Å². The standard InChI is InChI=1S/C13H13NO4S/c1-2-18-13(17)6-12-14-9(7-19-12)8-3-4-10(15)11(16)5-8/h3-5,7,15-16H,2,6H2,1H3. The number of carbonyl (C=O) groups is 1. The lowest BCUT2D eigenvalue weighted by Crippen LogP contribution is -2.07. The second-order valence-corrected chi connectivity index (χ2v) is 4.75. The number of aromatic nitrogens is 1. The lowest BCUT2D eigenvalue weighted by atomic mass is 10.1. The molecule has 0 aliphatic heterocycles. The van der Waals surface area contributed by atoms with Crippen LogP contribution in [0.5, 0.6) is 11.5 Å². The molecule has 0 amide bonds. The van der Waals surface area contributed by atoms with E-state index in [9.17, 15) is 15.0 Å². The van der Waals surface area contributed by atoms with Crippen LogP contribution in [0.25, 0.3) is 11.3 Å². The summed E-state index contributed by atoms with van der Waals surface area (Å²) < 4.78 is 4.85. The number of hydrogen-bond donors (Lipinski definition) is 2. The Morgan fingerprint density at radius 1 is 1.37 bits per heavy atom. The Hall–Kier alpha value is -2.08. The first kappa shape index (κ1) is 13.4. The van der Waals surface area contributed by atoms with Crippen LogP contribution in [0.15, 0.2) is 23.6 Å². The third kappa shape index (κ3) is 3.23. The molecule has 0 saturated heterocycles. The van der Waals surface area contributed by atoms with Gasteiger partial charge in [0, 0.05) is 10.9 Å². The van der Waals surface area contributed by atoms with E-state index in [0.29, 0.717) is 22.9 Å². The summed E-state index contributed by atoms with van der Waals surface area (Å²) in [5, 5.41) is 21.1. The van der Waals surface area contributed by atoms with Gasteiger partial charge in [0.05, 0.1) is 18.7 Å². The van der Waals surface area contributed by atoms with Gasteiger partial charge in [-0.15, -0.1) is 11.3 Å². The summed E-state index contributed by atoms with van der Waals surface area (Å²) >= 11 is 1.35. The Balaban J connectivity index is 2.16. The number of esters is 1. The van der Waals surface area contributed by atoms with Crippen molar-refractivity contribution in [2.75, 3.05) is 6.61 Å². The van der Waals surface area contributed by atoms with Gasteiger partial charge in [0.2, 0.25) is 0 Å². The molecule has 0 fully saturated rings. The van der Waals surface area contributed by atoms with E-state index in [1.54, 1.807) is 18.4 Å². The molecular formula is C13H13NO4S. The van der Waals surface area contributed by atoms with Crippen LogP contribution in [0.1, 0.15) is 11.9 Å². The van der Waals surface area contributed by atoms with Crippen LogP contribution in [0, 0.1) is 0 Å². The molecule has 0 radical (unpaired) electrons. The lowest BCUT2D eigenvalue weighted by Gasteiger charge is -2.00. The van der Waals surface area contributed by atoms with E-state index < -0.39 is 0 Å². The van der Waals surface area contributed by atoms with Crippen LogP contribution in [-0.2, 0) is 16.0 Å². The number of thiazole rings is 1. The number of ether oxygens (including phenoxy) is 1. The van der Waals surface area contributed by atoms with E-state index in [-0.39, 0.29) is 23.9 Å². The predicted molar refractivity (Wildman–Crippen MR) is 71.2 cm³/mol. The zero-order valence-electron chi connectivity index (χ0n) is 10.3. The summed E-state index contributed by atoms with van der Waals surface area (Å²) in [6.07, 6.45) is 0.141. The normalized spacial score (nSPS) is 10.4. The van der Waals surface area contributed by atoms with E-state index in [0.717, 1.165) is 0 Å². The Kier molecular flexibility index (Phi) is 4.01. The maximum Gasteiger partial charge on any atom is 0.312 e. The first-order valence-corrected chi connectivity index (χ1v) is 6.60. The molecule has 2 N–H and O–H groups in total. The third-order valence-electron chi connectivity index (χ3n) is 2.42. The van der Waals surface area contributed by atoms with Gasteiger partial charge in [-0.3, -0.25) is 4.79 Å². The lowest BCUT2D eigenvalue weighted by molar-refractivity contribution is -0.142. The SMILES string of the molecule is CCOC(=O)Cc1nc(-c2ccc(O)c(O)c2)cs1. The summed E-state index contributed by atoms with van der Waals surface area (Å²) in [4.78, 5) is 15.6. The maximum absolute atomic E-state index is 11.3. The Labute approximate surface area is 114 Å². The molecule has 0 atom stereocenters. The van der Waals surface area contributed by atoms with E-state index in [1.807, 2.05) is 0 Å². The summed E-state index contributed by atoms with van der Waals surface area (Å²) in [5.41, 5.74) is 1.33. The van der Waals surface area contributed by atoms with Crippen molar-refractivity contribution in [3.63, 3.8) is 0 Å². The highest BCUT2D eigenvalue weighted by molar-refractivity contribution is 7.10. The van der Waals surface area contributed by atoms with Crippen molar-refractivity contribution in [2.45, 2.75) is 13.3 Å². The number of aromatic hydroxyl groups is 2. The molecule has 0 saturated carbocycles. The zero-order valence-corrected chi connectivity index (χ0v) is 11.1. The van der Waals surface area contributed by atoms with Gasteiger partial charge in [-0.05, 0) is 25.1 Å². The fraction of sp³-hybridized carbons (Fsp3) is 0.231. The number of nitrogens with zero attached hydrogens (tertiary/aromatic N) is 1. The van der Waals surface area contributed by atoms with Gasteiger partial charge < -0.3 is 14.9 Å². The summed E-state index contributed by atoms with van der Waals surface area (Å²) in [7, 11) is 0. The van der Waals surface area contributed by atoms with Gasteiger partial charge in [-0.1, -0.05) is 0 Å². The molecule has 2 aromatic rings. The van der Waals surface area contributed by atoms with Crippen LogP contribution < -0.4 is 0 Å². The molecule has 1 aromatic heterocycles. The average molecular weight is 279 g/mol. The number of rotatable bonds is 4. The van der Waals surface area contributed by atoms with Crippen LogP contribution in [0.4, 0.5) is 0 Å². The van der Waals surface area contributed by atoms with Crippen LogP contribution >= 0.6 is 11.3 Å². The number of phenols is 2. The topological polar surface area (TPSA) is 79.7 Å². The van der Waals surface area contributed by atoms with Gasteiger partial charge in [0.15, 0.2) is 11.5 Å². The maximum atomic E-state index is 11.3. The first-order chi connectivity index (χ1) is 9.10. The molecule has 100 valence electrons. The molecule has 0 aliphatic rings. The highest BCUT2D eigenvalue weighted by Gasteiger charge is 2.10. The highest BCUT2D eigenvalue weighted by atomic mass is 32.1. The monoisotopic (exact) mass is 279 g/mol. The Morgan fingerprint density at radius 3 is 2.84 bits per heavy atom. The van der Waals surface area contributed by atoms with E-state index >= 15 is 0 Å². The summed E-state index contributed by atoms with van der Waals surface area (Å²) in [6, 6.07) is 4.48. The number of benzene rings is 1. The molecule has 19 heavy (non-hydrogen) atoms. The highest BCUT2D eigenvalue weighted by Crippen LogP contribution is 2.31. The molecular weight excluding hydrogens is 266 g/mol. The van der Waals surface area contributed by atoms with Gasteiger partial charge in [-0.2, -0.15) is 0 Å². The van der Waals surface area contributed by atoms with Crippen LogP contribution in [-0.4, -0.2) is 27.8 Å². The largest absolute Gasteiger partial charge is 0.504 e. The van der Waals surface area contributed by atoms with Crippen molar-refractivity contribution < 1.29 is 19.7 Å². The number of phenolic OH excluding ortho intramolecular Hbond substituents is 2. The van der Waals surface area contributed by atoms with E-state index in [4.69, 9.17) is 4.74 Å². The Bertz CT molecular complexity index is 594. The van der Waals surface area contributed by atoms with E-state index in [1.165, 1.54) is 23.5 Å². The first-order valence-electron chi connectivity index (χ1n) is 5.72.